The zero-order valence-corrected chi connectivity index (χ0v) is 14.2. The lowest BCUT2D eigenvalue weighted by atomic mass is 9.87. The van der Waals surface area contributed by atoms with Crippen LogP contribution in [0.3, 0.4) is 0 Å². The molecule has 0 aliphatic carbocycles. The van der Waals surface area contributed by atoms with Crippen molar-refractivity contribution in [3.05, 3.63) is 65.0 Å². The van der Waals surface area contributed by atoms with E-state index in [2.05, 4.69) is 17.3 Å². The lowest BCUT2D eigenvalue weighted by Crippen LogP contribution is -2.29. The maximum atomic E-state index is 13.7. The van der Waals surface area contributed by atoms with E-state index in [1.54, 1.807) is 24.3 Å². The number of likely N-dealkylation sites (N-methyl/N-ethyl adjacent to an activating group) is 1. The molecule has 2 aromatic carbocycles. The van der Waals surface area contributed by atoms with Gasteiger partial charge in [-0.1, -0.05) is 24.3 Å². The van der Waals surface area contributed by atoms with E-state index in [4.69, 9.17) is 4.74 Å². The summed E-state index contributed by atoms with van der Waals surface area (Å²) in [4.78, 5) is 14.8. The second kappa shape index (κ2) is 6.48. The van der Waals surface area contributed by atoms with Crippen molar-refractivity contribution in [2.75, 3.05) is 26.7 Å². The molecule has 2 aliphatic heterocycles. The Morgan fingerprint density at radius 2 is 2.08 bits per heavy atom. The van der Waals surface area contributed by atoms with Gasteiger partial charge in [-0.3, -0.25) is 4.79 Å². The number of benzene rings is 2. The van der Waals surface area contributed by atoms with E-state index in [1.807, 2.05) is 12.1 Å². The van der Waals surface area contributed by atoms with E-state index in [9.17, 15) is 9.18 Å². The van der Waals surface area contributed by atoms with Crippen LogP contribution in [0.1, 0.15) is 27.4 Å². The molecule has 0 saturated carbocycles. The van der Waals surface area contributed by atoms with Gasteiger partial charge in [0.1, 0.15) is 18.2 Å². The summed E-state index contributed by atoms with van der Waals surface area (Å²) in [6.45, 7) is 2.80. The Hall–Kier alpha value is -2.40. The van der Waals surface area contributed by atoms with Crippen LogP contribution in [0.25, 0.3) is 0 Å². The van der Waals surface area contributed by atoms with Crippen LogP contribution >= 0.6 is 0 Å². The molecular weight excluding hydrogens is 319 g/mol. The number of amides is 1. The first-order valence-corrected chi connectivity index (χ1v) is 8.58. The topological polar surface area (TPSA) is 41.6 Å². The predicted molar refractivity (Wildman–Crippen MR) is 93.2 cm³/mol. The third kappa shape index (κ3) is 3.12. The average molecular weight is 340 g/mol. The normalized spacial score (nSPS) is 22.7. The molecule has 1 fully saturated rings. The van der Waals surface area contributed by atoms with Crippen LogP contribution < -0.4 is 10.1 Å². The number of nitrogens with one attached hydrogen (secondary N) is 1. The molecule has 130 valence electrons. The molecule has 25 heavy (non-hydrogen) atoms. The number of likely N-dealkylation sites (tertiary alicyclic amines) is 1. The molecule has 2 heterocycles. The van der Waals surface area contributed by atoms with Gasteiger partial charge in [0.25, 0.3) is 5.91 Å². The highest BCUT2D eigenvalue weighted by atomic mass is 19.1. The standard InChI is InChI=1S/C20H21FN2O2/c1-23-10-14-9-22-20(24)17-8-15(6-7-16(17)18(14)11-23)25-12-13-4-2-3-5-19(13)21/h2-8,14,18H,9-12H2,1H3,(H,22,24)/t14-,18-/m1/s1. The third-order valence-corrected chi connectivity index (χ3v) is 5.17. The first kappa shape index (κ1) is 16.1. The minimum Gasteiger partial charge on any atom is -0.489 e. The van der Waals surface area contributed by atoms with Crippen molar-refractivity contribution in [3.63, 3.8) is 0 Å². The maximum Gasteiger partial charge on any atom is 0.251 e. The number of carbonyl (C=O) groups excluding carboxylic acids is 1. The summed E-state index contributed by atoms with van der Waals surface area (Å²) in [6, 6.07) is 12.2. The molecule has 5 heteroatoms. The number of carbonyl (C=O) groups is 1. The van der Waals surface area contributed by atoms with Crippen molar-refractivity contribution < 1.29 is 13.9 Å². The monoisotopic (exact) mass is 340 g/mol. The fourth-order valence-electron chi connectivity index (χ4n) is 3.89. The molecule has 4 rings (SSSR count). The second-order valence-corrected chi connectivity index (χ2v) is 6.93. The van der Waals surface area contributed by atoms with Crippen LogP contribution in [0.15, 0.2) is 42.5 Å². The summed E-state index contributed by atoms with van der Waals surface area (Å²) < 4.78 is 19.4. The van der Waals surface area contributed by atoms with Gasteiger partial charge in [0, 0.05) is 36.7 Å². The van der Waals surface area contributed by atoms with Gasteiger partial charge in [-0.25, -0.2) is 4.39 Å². The quantitative estimate of drug-likeness (QED) is 0.934. The summed E-state index contributed by atoms with van der Waals surface area (Å²) in [5, 5.41) is 3.02. The van der Waals surface area contributed by atoms with Crippen LogP contribution in [0.2, 0.25) is 0 Å². The van der Waals surface area contributed by atoms with Gasteiger partial charge in [-0.2, -0.15) is 0 Å². The van der Waals surface area contributed by atoms with Crippen LogP contribution in [-0.4, -0.2) is 37.5 Å². The minimum atomic E-state index is -0.285. The lowest BCUT2D eigenvalue weighted by Gasteiger charge is -2.17. The molecular formula is C20H21FN2O2. The van der Waals surface area contributed by atoms with Crippen LogP contribution in [0.4, 0.5) is 4.39 Å². The number of rotatable bonds is 3. The number of hydrogen-bond donors (Lipinski definition) is 1. The Morgan fingerprint density at radius 1 is 1.24 bits per heavy atom. The molecule has 0 aromatic heterocycles. The van der Waals surface area contributed by atoms with E-state index < -0.39 is 0 Å². The zero-order chi connectivity index (χ0) is 17.4. The van der Waals surface area contributed by atoms with E-state index in [1.165, 1.54) is 6.07 Å². The van der Waals surface area contributed by atoms with E-state index in [0.717, 1.165) is 18.7 Å². The highest BCUT2D eigenvalue weighted by Crippen LogP contribution is 2.36. The minimum absolute atomic E-state index is 0.0524. The molecule has 1 saturated heterocycles. The van der Waals surface area contributed by atoms with Crippen molar-refractivity contribution in [1.29, 1.82) is 0 Å². The van der Waals surface area contributed by atoms with Crippen molar-refractivity contribution in [2.24, 2.45) is 5.92 Å². The summed E-state index contributed by atoms with van der Waals surface area (Å²) in [6.07, 6.45) is 0. The lowest BCUT2D eigenvalue weighted by molar-refractivity contribution is 0.0951. The number of fused-ring (bicyclic) bond motifs is 3. The van der Waals surface area contributed by atoms with E-state index in [-0.39, 0.29) is 18.3 Å². The van der Waals surface area contributed by atoms with Crippen molar-refractivity contribution in [1.82, 2.24) is 10.2 Å². The zero-order valence-electron chi connectivity index (χ0n) is 14.2. The fraction of sp³-hybridized carbons (Fsp3) is 0.350. The first-order valence-electron chi connectivity index (χ1n) is 8.58. The first-order chi connectivity index (χ1) is 12.1. The van der Waals surface area contributed by atoms with Crippen molar-refractivity contribution in [3.8, 4) is 5.75 Å². The van der Waals surface area contributed by atoms with Crippen LogP contribution in [0.5, 0.6) is 5.75 Å². The SMILES string of the molecule is CN1C[C@H]2CNC(=O)c3cc(OCc4ccccc4F)ccc3[C@@H]2C1. The summed E-state index contributed by atoms with van der Waals surface area (Å²) >= 11 is 0. The van der Waals surface area contributed by atoms with Gasteiger partial charge < -0.3 is 15.0 Å². The molecule has 0 bridgehead atoms. The number of halogens is 1. The Labute approximate surface area is 146 Å². The van der Waals surface area contributed by atoms with Crippen LogP contribution in [-0.2, 0) is 6.61 Å². The summed E-state index contributed by atoms with van der Waals surface area (Å²) in [5.74, 6) is 1.05. The maximum absolute atomic E-state index is 13.7. The molecule has 0 radical (unpaired) electrons. The molecule has 1 amide bonds. The fourth-order valence-corrected chi connectivity index (χ4v) is 3.89. The molecule has 1 N–H and O–H groups in total. The van der Waals surface area contributed by atoms with Crippen LogP contribution in [0, 0.1) is 11.7 Å². The summed E-state index contributed by atoms with van der Waals surface area (Å²) in [5.41, 5.74) is 2.26. The Morgan fingerprint density at radius 3 is 2.92 bits per heavy atom. The van der Waals surface area contributed by atoms with Gasteiger partial charge in [-0.05, 0) is 36.7 Å². The number of nitrogens with zero attached hydrogens (tertiary/aromatic N) is 1. The Balaban J connectivity index is 1.58. The van der Waals surface area contributed by atoms with Gasteiger partial charge >= 0.3 is 0 Å². The highest BCUT2D eigenvalue weighted by molar-refractivity contribution is 5.96. The molecule has 0 spiro atoms. The highest BCUT2D eigenvalue weighted by Gasteiger charge is 2.36. The van der Waals surface area contributed by atoms with Crippen molar-refractivity contribution in [2.45, 2.75) is 12.5 Å². The molecule has 0 unspecified atom stereocenters. The van der Waals surface area contributed by atoms with Gasteiger partial charge in [-0.15, -0.1) is 0 Å². The van der Waals surface area contributed by atoms with E-state index in [0.29, 0.717) is 35.3 Å². The predicted octanol–water partition coefficient (Wildman–Crippen LogP) is 2.79. The second-order valence-electron chi connectivity index (χ2n) is 6.93. The average Bonchev–Trinajstić information content (AvgIpc) is 2.94. The van der Waals surface area contributed by atoms with Gasteiger partial charge in [0.2, 0.25) is 0 Å². The largest absolute Gasteiger partial charge is 0.489 e. The number of hydrogen-bond acceptors (Lipinski definition) is 3. The molecule has 2 aromatic rings. The Kier molecular flexibility index (Phi) is 4.17. The van der Waals surface area contributed by atoms with Gasteiger partial charge in [0.05, 0.1) is 0 Å². The van der Waals surface area contributed by atoms with E-state index >= 15 is 0 Å². The van der Waals surface area contributed by atoms with Crippen molar-refractivity contribution >= 4 is 5.91 Å². The third-order valence-electron chi connectivity index (χ3n) is 5.17. The Bertz CT molecular complexity index is 808. The smallest absolute Gasteiger partial charge is 0.251 e. The van der Waals surface area contributed by atoms with Gasteiger partial charge in [0.15, 0.2) is 0 Å². The number of ether oxygens (including phenoxy) is 1. The molecule has 4 nitrogen and oxygen atoms in total. The molecule has 2 atom stereocenters. The molecule has 2 aliphatic rings. The summed E-state index contributed by atoms with van der Waals surface area (Å²) in [7, 11) is 2.11.